The van der Waals surface area contributed by atoms with Crippen molar-refractivity contribution in [2.75, 3.05) is 19.3 Å². The fourth-order valence-electron chi connectivity index (χ4n) is 4.53. The first-order valence-corrected chi connectivity index (χ1v) is 12.4. The van der Waals surface area contributed by atoms with E-state index in [0.29, 0.717) is 31.5 Å². The largest absolute Gasteiger partial charge is 0.342 e. The third kappa shape index (κ3) is 5.13. The predicted octanol–water partition coefficient (Wildman–Crippen LogP) is 3.67. The van der Waals surface area contributed by atoms with Crippen LogP contribution in [0.5, 0.6) is 0 Å². The van der Waals surface area contributed by atoms with E-state index in [4.69, 9.17) is 0 Å². The number of carbonyl (C=O) groups excluding carboxylic acids is 1. The number of halogens is 2. The number of carbonyl (C=O) groups is 1. The molecule has 1 aliphatic carbocycles. The minimum atomic E-state index is -3.27. The van der Waals surface area contributed by atoms with Crippen LogP contribution in [0.25, 0.3) is 11.1 Å². The Bertz CT molecular complexity index is 1090. The maximum Gasteiger partial charge on any atom is 0.226 e. The predicted molar refractivity (Wildman–Crippen MR) is 115 cm³/mol. The normalized spacial score (nSPS) is 24.0. The van der Waals surface area contributed by atoms with Gasteiger partial charge < -0.3 is 4.90 Å². The summed E-state index contributed by atoms with van der Waals surface area (Å²) in [5.74, 6) is -1.77. The molecule has 0 spiro atoms. The van der Waals surface area contributed by atoms with Crippen LogP contribution in [-0.2, 0) is 14.8 Å². The van der Waals surface area contributed by atoms with E-state index in [-0.39, 0.29) is 23.8 Å². The molecule has 0 bridgehead atoms. The fraction of sp³-hybridized carbons (Fsp3) is 0.435. The van der Waals surface area contributed by atoms with Crippen LogP contribution >= 0.6 is 0 Å². The summed E-state index contributed by atoms with van der Waals surface area (Å²) in [7, 11) is -3.27. The number of rotatable bonds is 5. The molecule has 3 atom stereocenters. The minimum absolute atomic E-state index is 0.0463. The van der Waals surface area contributed by atoms with Gasteiger partial charge in [-0.15, -0.1) is 0 Å². The lowest BCUT2D eigenvalue weighted by Crippen LogP contribution is -2.36. The van der Waals surface area contributed by atoms with Gasteiger partial charge >= 0.3 is 0 Å². The number of nitrogens with one attached hydrogen (secondary N) is 1. The summed E-state index contributed by atoms with van der Waals surface area (Å²) in [6.45, 7) is 1.15. The highest BCUT2D eigenvalue weighted by Crippen LogP contribution is 2.51. The molecule has 2 aromatic carbocycles. The minimum Gasteiger partial charge on any atom is -0.342 e. The number of benzene rings is 2. The van der Waals surface area contributed by atoms with Gasteiger partial charge in [0.2, 0.25) is 15.9 Å². The zero-order valence-corrected chi connectivity index (χ0v) is 18.2. The maximum atomic E-state index is 13.8. The van der Waals surface area contributed by atoms with Crippen molar-refractivity contribution >= 4 is 15.9 Å². The number of nitrogens with zero attached hydrogens (tertiary/aromatic N) is 1. The average molecular weight is 449 g/mol. The van der Waals surface area contributed by atoms with Crippen molar-refractivity contribution in [1.29, 1.82) is 0 Å². The monoisotopic (exact) mass is 448 g/mol. The van der Waals surface area contributed by atoms with E-state index in [1.807, 2.05) is 29.2 Å². The van der Waals surface area contributed by atoms with Crippen LogP contribution < -0.4 is 4.72 Å². The molecule has 1 saturated carbocycles. The molecule has 1 aliphatic heterocycles. The second-order valence-corrected chi connectivity index (χ2v) is 10.3. The van der Waals surface area contributed by atoms with Crippen molar-refractivity contribution in [2.24, 2.45) is 5.92 Å². The van der Waals surface area contributed by atoms with Gasteiger partial charge in [-0.05, 0) is 60.4 Å². The molecule has 1 heterocycles. The SMILES string of the molecule is CS(=O)(=O)N[C@H]1CCCN(C(=O)[C@@H]2C[C@H]2c2ccccc2-c2ccc(F)c(F)c2)CC1. The molecule has 4 rings (SSSR count). The standard InChI is InChI=1S/C23H26F2N2O3S/c1-31(29,30)26-16-5-4-11-27(12-10-16)23(28)20-14-19(20)18-7-3-2-6-17(18)15-8-9-21(24)22(25)13-15/h2-3,6-9,13,16,19-20,26H,4-5,10-12,14H2,1H3/t16-,19-,20+/m0/s1. The summed E-state index contributed by atoms with van der Waals surface area (Å²) in [5, 5.41) is 0. The van der Waals surface area contributed by atoms with Crippen LogP contribution in [0.4, 0.5) is 8.78 Å². The van der Waals surface area contributed by atoms with Gasteiger partial charge in [0.15, 0.2) is 11.6 Å². The Balaban J connectivity index is 1.46. The topological polar surface area (TPSA) is 66.5 Å². The number of hydrogen-bond acceptors (Lipinski definition) is 3. The Kier molecular flexibility index (Phi) is 6.12. The van der Waals surface area contributed by atoms with Crippen LogP contribution in [0.15, 0.2) is 42.5 Å². The number of amides is 1. The number of hydrogen-bond donors (Lipinski definition) is 1. The van der Waals surface area contributed by atoms with E-state index < -0.39 is 21.7 Å². The van der Waals surface area contributed by atoms with E-state index in [2.05, 4.69) is 4.72 Å². The van der Waals surface area contributed by atoms with Crippen molar-refractivity contribution in [1.82, 2.24) is 9.62 Å². The summed E-state index contributed by atoms with van der Waals surface area (Å²) in [4.78, 5) is 15.0. The first-order chi connectivity index (χ1) is 14.7. The second-order valence-electron chi connectivity index (χ2n) is 8.51. The lowest BCUT2D eigenvalue weighted by molar-refractivity contribution is -0.132. The smallest absolute Gasteiger partial charge is 0.226 e. The summed E-state index contributed by atoms with van der Waals surface area (Å²) < 4.78 is 52.7. The van der Waals surface area contributed by atoms with Crippen molar-refractivity contribution in [2.45, 2.75) is 37.6 Å². The molecule has 2 aliphatic rings. The van der Waals surface area contributed by atoms with E-state index in [1.165, 1.54) is 6.07 Å². The highest BCUT2D eigenvalue weighted by molar-refractivity contribution is 7.88. The van der Waals surface area contributed by atoms with Crippen molar-refractivity contribution in [3.05, 3.63) is 59.7 Å². The molecular formula is C23H26F2N2O3S. The molecule has 0 unspecified atom stereocenters. The number of sulfonamides is 1. The van der Waals surface area contributed by atoms with Gasteiger partial charge in [-0.2, -0.15) is 0 Å². The molecule has 5 nitrogen and oxygen atoms in total. The molecule has 1 saturated heterocycles. The van der Waals surface area contributed by atoms with E-state index in [1.54, 1.807) is 6.07 Å². The van der Waals surface area contributed by atoms with Gasteiger partial charge in [0, 0.05) is 25.0 Å². The highest BCUT2D eigenvalue weighted by atomic mass is 32.2. The van der Waals surface area contributed by atoms with Crippen LogP contribution in [-0.4, -0.2) is 44.6 Å². The van der Waals surface area contributed by atoms with Gasteiger partial charge in [-0.3, -0.25) is 4.79 Å². The van der Waals surface area contributed by atoms with Crippen LogP contribution in [0.2, 0.25) is 0 Å². The zero-order chi connectivity index (χ0) is 22.2. The lowest BCUT2D eigenvalue weighted by Gasteiger charge is -2.21. The van der Waals surface area contributed by atoms with Gasteiger partial charge in [0.25, 0.3) is 0 Å². The maximum absolute atomic E-state index is 13.8. The molecular weight excluding hydrogens is 422 g/mol. The quantitative estimate of drug-likeness (QED) is 0.759. The molecule has 8 heteroatoms. The van der Waals surface area contributed by atoms with Gasteiger partial charge in [-0.1, -0.05) is 30.3 Å². The molecule has 31 heavy (non-hydrogen) atoms. The van der Waals surface area contributed by atoms with Gasteiger partial charge in [0.05, 0.1) is 6.26 Å². The third-order valence-electron chi connectivity index (χ3n) is 6.12. The molecule has 0 radical (unpaired) electrons. The van der Waals surface area contributed by atoms with Gasteiger partial charge in [-0.25, -0.2) is 21.9 Å². The van der Waals surface area contributed by atoms with E-state index >= 15 is 0 Å². The Morgan fingerprint density at radius 2 is 1.84 bits per heavy atom. The molecule has 2 fully saturated rings. The molecule has 0 aromatic heterocycles. The molecule has 1 amide bonds. The fourth-order valence-corrected chi connectivity index (χ4v) is 5.37. The first kappa shape index (κ1) is 21.9. The zero-order valence-electron chi connectivity index (χ0n) is 17.4. The van der Waals surface area contributed by atoms with Gasteiger partial charge in [0.1, 0.15) is 0 Å². The third-order valence-corrected chi connectivity index (χ3v) is 6.88. The Morgan fingerprint density at radius 3 is 2.58 bits per heavy atom. The number of likely N-dealkylation sites (tertiary alicyclic amines) is 1. The first-order valence-electron chi connectivity index (χ1n) is 10.5. The van der Waals surface area contributed by atoms with E-state index in [0.717, 1.165) is 36.3 Å². The van der Waals surface area contributed by atoms with Crippen molar-refractivity contribution in [3.8, 4) is 11.1 Å². The average Bonchev–Trinajstić information content (AvgIpc) is 3.53. The Labute approximate surface area is 181 Å². The summed E-state index contributed by atoms with van der Waals surface area (Å²) in [6, 6.07) is 11.3. The van der Waals surface area contributed by atoms with Crippen molar-refractivity contribution < 1.29 is 22.0 Å². The van der Waals surface area contributed by atoms with Crippen molar-refractivity contribution in [3.63, 3.8) is 0 Å². The molecule has 166 valence electrons. The highest BCUT2D eigenvalue weighted by Gasteiger charge is 2.46. The van der Waals surface area contributed by atoms with Crippen LogP contribution in [0.3, 0.4) is 0 Å². The molecule has 2 aromatic rings. The Morgan fingerprint density at radius 1 is 1.06 bits per heavy atom. The van der Waals surface area contributed by atoms with Crippen LogP contribution in [0.1, 0.15) is 37.2 Å². The second kappa shape index (κ2) is 8.67. The summed E-state index contributed by atoms with van der Waals surface area (Å²) >= 11 is 0. The Hall–Kier alpha value is -2.32. The van der Waals surface area contributed by atoms with Crippen LogP contribution in [0, 0.1) is 17.6 Å². The summed E-state index contributed by atoms with van der Waals surface area (Å²) in [5.41, 5.74) is 2.38. The lowest BCUT2D eigenvalue weighted by atomic mass is 9.95. The van der Waals surface area contributed by atoms with E-state index in [9.17, 15) is 22.0 Å². The summed E-state index contributed by atoms with van der Waals surface area (Å²) in [6.07, 6.45) is 3.94. The molecule has 1 N–H and O–H groups in total.